The summed E-state index contributed by atoms with van der Waals surface area (Å²) in [6.07, 6.45) is -1.03. The van der Waals surface area contributed by atoms with Crippen LogP contribution in [0.2, 0.25) is 0 Å². The van der Waals surface area contributed by atoms with Crippen molar-refractivity contribution in [1.82, 2.24) is 9.97 Å². The summed E-state index contributed by atoms with van der Waals surface area (Å²) < 4.78 is 10.4. The lowest BCUT2D eigenvalue weighted by molar-refractivity contribution is -0.145. The Hall–Kier alpha value is -7.46. The fourth-order valence-corrected chi connectivity index (χ4v) is 9.84. The van der Waals surface area contributed by atoms with Gasteiger partial charge in [0.05, 0.1) is 62.3 Å². The number of aromatic nitrogens is 2. The number of carbonyl (C=O) groups is 4. The van der Waals surface area contributed by atoms with Crippen LogP contribution in [0.15, 0.2) is 121 Å². The monoisotopic (exact) mass is 792 g/mol. The Bertz CT molecular complexity index is 3170. The minimum absolute atomic E-state index is 0.100. The fourth-order valence-electron chi connectivity index (χ4n) is 9.84. The number of fused-ring (bicyclic) bond motifs is 10. The number of benzene rings is 6. The molecule has 0 atom stereocenters. The van der Waals surface area contributed by atoms with Crippen molar-refractivity contribution in [3.8, 4) is 33.6 Å². The molecule has 8 aromatic rings. The number of ether oxygens (including phenoxy) is 2. The number of methoxy groups -OCH3 is 2. The van der Waals surface area contributed by atoms with Gasteiger partial charge in [0.25, 0.3) is 0 Å². The van der Waals surface area contributed by atoms with E-state index in [-0.39, 0.29) is 12.8 Å². The van der Waals surface area contributed by atoms with Gasteiger partial charge in [-0.05, 0) is 116 Å². The number of para-hydroxylation sites is 1. The van der Waals surface area contributed by atoms with E-state index in [1.807, 2.05) is 109 Å². The van der Waals surface area contributed by atoms with Crippen LogP contribution in [0.1, 0.15) is 47.9 Å². The molecule has 2 N–H and O–H groups in total. The summed E-state index contributed by atoms with van der Waals surface area (Å²) in [6.45, 7) is 0. The summed E-state index contributed by atoms with van der Waals surface area (Å²) in [6, 6.07) is 39.5. The molecule has 0 saturated carbocycles. The Morgan fingerprint density at radius 1 is 0.467 bits per heavy atom. The van der Waals surface area contributed by atoms with E-state index >= 15 is 0 Å². The molecule has 10 heteroatoms. The van der Waals surface area contributed by atoms with Crippen LogP contribution in [0.4, 0.5) is 0 Å². The Labute approximate surface area is 343 Å². The van der Waals surface area contributed by atoms with Crippen molar-refractivity contribution in [3.05, 3.63) is 144 Å². The first-order valence-electron chi connectivity index (χ1n) is 19.6. The van der Waals surface area contributed by atoms with Crippen LogP contribution in [0.25, 0.3) is 77.0 Å². The third-order valence-corrected chi connectivity index (χ3v) is 12.6. The summed E-state index contributed by atoms with van der Waals surface area (Å²) in [5.74, 6) is -3.14. The fraction of sp³-hybridized carbons (Fsp3) is 0.160. The molecule has 0 fully saturated rings. The average molecular weight is 793 g/mol. The van der Waals surface area contributed by atoms with Crippen LogP contribution in [-0.4, -0.2) is 58.3 Å². The molecule has 2 aliphatic carbocycles. The van der Waals surface area contributed by atoms with Gasteiger partial charge in [-0.15, -0.1) is 0 Å². The van der Waals surface area contributed by atoms with E-state index < -0.39 is 47.5 Å². The second-order valence-electron chi connectivity index (χ2n) is 15.9. The molecule has 0 aliphatic heterocycles. The van der Waals surface area contributed by atoms with E-state index in [4.69, 9.17) is 19.4 Å². The molecule has 10 nitrogen and oxygen atoms in total. The van der Waals surface area contributed by atoms with E-state index in [1.54, 1.807) is 0 Å². The van der Waals surface area contributed by atoms with Crippen LogP contribution < -0.4 is 0 Å². The first kappa shape index (κ1) is 36.9. The normalized spacial score (nSPS) is 14.1. The lowest BCUT2D eigenvalue weighted by Gasteiger charge is -2.30. The highest BCUT2D eigenvalue weighted by Crippen LogP contribution is 2.56. The Morgan fingerprint density at radius 2 is 0.900 bits per heavy atom. The number of carboxylic acid groups (broad SMARTS) is 2. The van der Waals surface area contributed by atoms with E-state index in [2.05, 4.69) is 12.1 Å². The van der Waals surface area contributed by atoms with Crippen LogP contribution in [0.3, 0.4) is 0 Å². The van der Waals surface area contributed by atoms with Gasteiger partial charge in [-0.3, -0.25) is 19.2 Å². The molecule has 2 aromatic heterocycles. The highest BCUT2D eigenvalue weighted by molar-refractivity contribution is 6.01. The Morgan fingerprint density at radius 3 is 1.48 bits per heavy atom. The summed E-state index contributed by atoms with van der Waals surface area (Å²) in [4.78, 5) is 61.7. The van der Waals surface area contributed by atoms with E-state index in [0.29, 0.717) is 28.0 Å². The molecule has 2 heterocycles. The third-order valence-electron chi connectivity index (χ3n) is 12.6. The molecule has 0 spiro atoms. The highest BCUT2D eigenvalue weighted by atomic mass is 16.5. The van der Waals surface area contributed by atoms with Gasteiger partial charge in [0, 0.05) is 32.7 Å². The number of nitrogens with zero attached hydrogens (tertiary/aromatic N) is 2. The number of pyridine rings is 2. The Kier molecular flexibility index (Phi) is 8.33. The third kappa shape index (κ3) is 5.62. The topological polar surface area (TPSA) is 153 Å². The highest BCUT2D eigenvalue weighted by Gasteiger charge is 2.49. The maximum absolute atomic E-state index is 13.2. The van der Waals surface area contributed by atoms with Gasteiger partial charge < -0.3 is 19.7 Å². The largest absolute Gasteiger partial charge is 0.481 e. The van der Waals surface area contributed by atoms with Crippen LogP contribution in [-0.2, 0) is 39.5 Å². The summed E-state index contributed by atoms with van der Waals surface area (Å²) >= 11 is 0. The van der Waals surface area contributed by atoms with Crippen molar-refractivity contribution in [2.75, 3.05) is 14.2 Å². The lowest BCUT2D eigenvalue weighted by Crippen LogP contribution is -2.32. The van der Waals surface area contributed by atoms with E-state index in [0.717, 1.165) is 71.2 Å². The predicted molar refractivity (Wildman–Crippen MR) is 228 cm³/mol. The maximum atomic E-state index is 13.2. The van der Waals surface area contributed by atoms with Crippen molar-refractivity contribution < 1.29 is 38.9 Å². The molecular formula is C50H36N2O8. The van der Waals surface area contributed by atoms with Crippen LogP contribution in [0, 0.1) is 0 Å². The molecule has 0 unspecified atom stereocenters. The van der Waals surface area contributed by atoms with Crippen molar-refractivity contribution in [2.24, 2.45) is 0 Å². The number of hydrogen-bond donors (Lipinski definition) is 2. The van der Waals surface area contributed by atoms with Gasteiger partial charge in [-0.25, -0.2) is 9.97 Å². The number of aliphatic carboxylic acids is 2. The van der Waals surface area contributed by atoms with Crippen LogP contribution in [0.5, 0.6) is 0 Å². The number of carbonyl (C=O) groups excluding carboxylic acids is 2. The van der Waals surface area contributed by atoms with Gasteiger partial charge in [0.2, 0.25) is 0 Å². The zero-order valence-corrected chi connectivity index (χ0v) is 32.6. The second kappa shape index (κ2) is 13.6. The number of carboxylic acids is 2. The summed E-state index contributed by atoms with van der Waals surface area (Å²) in [7, 11) is 2.67. The molecule has 2 aliphatic rings. The zero-order valence-electron chi connectivity index (χ0n) is 32.6. The SMILES string of the molecule is COC(=O)CC1(CC(=O)OC)c2cc3cc(-c4ccc5nc6c(cc5c4)C(CC(=O)O)(CC(=O)O)c4cc5ccccc5cc4-6)ccc3cc2-c2nc3ccccc3cc21. The molecule has 60 heavy (non-hydrogen) atoms. The Balaban J connectivity index is 1.14. The van der Waals surface area contributed by atoms with Crippen molar-refractivity contribution in [3.63, 3.8) is 0 Å². The molecular weight excluding hydrogens is 757 g/mol. The number of esters is 2. The molecule has 6 aromatic carbocycles. The van der Waals surface area contributed by atoms with E-state index in [1.165, 1.54) is 14.2 Å². The first-order chi connectivity index (χ1) is 29.0. The number of rotatable bonds is 9. The van der Waals surface area contributed by atoms with Crippen molar-refractivity contribution in [2.45, 2.75) is 36.5 Å². The summed E-state index contributed by atoms with van der Waals surface area (Å²) in [5, 5.41) is 25.8. The maximum Gasteiger partial charge on any atom is 0.306 e. The molecule has 0 radical (unpaired) electrons. The first-order valence-corrected chi connectivity index (χ1v) is 19.6. The molecule has 294 valence electrons. The molecule has 10 rings (SSSR count). The zero-order chi connectivity index (χ0) is 41.5. The molecule has 0 saturated heterocycles. The van der Waals surface area contributed by atoms with Crippen molar-refractivity contribution in [1.29, 1.82) is 0 Å². The van der Waals surface area contributed by atoms with Gasteiger partial charge in [0.15, 0.2) is 0 Å². The smallest absolute Gasteiger partial charge is 0.306 e. The standard InChI is InChI=1S/C50H36N2O8/c1-59-45(57)25-50(26-46(58)60-2)38-21-33-15-29(11-12-31(33)18-36(38)47-39(50)20-32-9-5-6-10-41(32)51-47)30-13-14-42-34(16-30)22-40-48(52-42)35-17-27-7-3-4-8-28(27)19-37(35)49(40,23-43(53)54)24-44(55)56/h3-22H,23-26H2,1-2H3,(H,53,54)(H,55,56). The average Bonchev–Trinajstić information content (AvgIpc) is 3.62. The van der Waals surface area contributed by atoms with E-state index in [9.17, 15) is 29.4 Å². The van der Waals surface area contributed by atoms with Gasteiger partial charge >= 0.3 is 23.9 Å². The minimum atomic E-state index is -1.34. The van der Waals surface area contributed by atoms with Gasteiger partial charge in [-0.1, -0.05) is 60.7 Å². The second-order valence-corrected chi connectivity index (χ2v) is 15.9. The number of hydrogen-bond acceptors (Lipinski definition) is 8. The van der Waals surface area contributed by atoms with Crippen molar-refractivity contribution >= 4 is 67.2 Å². The minimum Gasteiger partial charge on any atom is -0.481 e. The quantitative estimate of drug-likeness (QED) is 0.135. The molecule has 0 amide bonds. The predicted octanol–water partition coefficient (Wildman–Crippen LogP) is 9.36. The lowest BCUT2D eigenvalue weighted by atomic mass is 9.72. The summed E-state index contributed by atoms with van der Waals surface area (Å²) in [5.41, 5.74) is 6.38. The van der Waals surface area contributed by atoms with Gasteiger partial charge in [-0.2, -0.15) is 0 Å². The molecule has 0 bridgehead atoms. The van der Waals surface area contributed by atoms with Gasteiger partial charge in [0.1, 0.15) is 0 Å². The van der Waals surface area contributed by atoms with Crippen LogP contribution >= 0.6 is 0 Å².